The van der Waals surface area contributed by atoms with Crippen LogP contribution in [0, 0.1) is 16.0 Å². The minimum absolute atomic E-state index is 0.0495. The van der Waals surface area contributed by atoms with E-state index in [0.717, 1.165) is 25.7 Å². The van der Waals surface area contributed by atoms with E-state index in [2.05, 4.69) is 15.3 Å². The van der Waals surface area contributed by atoms with Crippen molar-refractivity contribution in [1.82, 2.24) is 9.97 Å². The van der Waals surface area contributed by atoms with Crippen LogP contribution in [0.15, 0.2) is 6.33 Å². The molecule has 110 valence electrons. The van der Waals surface area contributed by atoms with Crippen molar-refractivity contribution in [2.45, 2.75) is 31.8 Å². The molecule has 1 aromatic rings. The Labute approximate surface area is 116 Å². The topological polar surface area (TPSA) is 110 Å². The number of nitrogens with zero attached hydrogens (tertiary/aromatic N) is 3. The highest BCUT2D eigenvalue weighted by atomic mass is 16.6. The van der Waals surface area contributed by atoms with Crippen LogP contribution in [0.3, 0.4) is 0 Å². The Balaban J connectivity index is 2.04. The highest BCUT2D eigenvalue weighted by molar-refractivity contribution is 5.61. The van der Waals surface area contributed by atoms with E-state index in [0.29, 0.717) is 12.5 Å². The van der Waals surface area contributed by atoms with Crippen molar-refractivity contribution in [1.29, 1.82) is 0 Å². The quantitative estimate of drug-likeness (QED) is 0.619. The van der Waals surface area contributed by atoms with Crippen molar-refractivity contribution >= 4 is 11.5 Å². The Hall–Kier alpha value is -1.96. The molecular formula is C12H18N4O4. The molecule has 1 aliphatic carbocycles. The monoisotopic (exact) mass is 282 g/mol. The lowest BCUT2D eigenvalue weighted by molar-refractivity contribution is -0.385. The molecule has 1 fully saturated rings. The molecule has 8 nitrogen and oxygen atoms in total. The first-order chi connectivity index (χ1) is 9.61. The number of methoxy groups -OCH3 is 1. The molecule has 2 N–H and O–H groups in total. The minimum Gasteiger partial charge on any atom is -0.476 e. The van der Waals surface area contributed by atoms with E-state index < -0.39 is 4.92 Å². The molecule has 0 unspecified atom stereocenters. The van der Waals surface area contributed by atoms with E-state index in [1.807, 2.05) is 0 Å². The molecule has 1 heterocycles. The number of aliphatic hydroxyl groups is 1. The third-order valence-corrected chi connectivity index (χ3v) is 3.54. The van der Waals surface area contributed by atoms with Crippen molar-refractivity contribution < 1.29 is 14.8 Å². The van der Waals surface area contributed by atoms with E-state index in [1.54, 1.807) is 0 Å². The summed E-state index contributed by atoms with van der Waals surface area (Å²) in [5, 5.41) is 23.5. The van der Waals surface area contributed by atoms with Gasteiger partial charge in [0.1, 0.15) is 6.33 Å². The van der Waals surface area contributed by atoms with Crippen molar-refractivity contribution in [2.24, 2.45) is 5.92 Å². The number of rotatable bonds is 5. The third kappa shape index (κ3) is 3.32. The predicted molar refractivity (Wildman–Crippen MR) is 71.7 cm³/mol. The number of ether oxygens (including phenoxy) is 1. The Morgan fingerprint density at radius 2 is 2.15 bits per heavy atom. The second kappa shape index (κ2) is 6.47. The van der Waals surface area contributed by atoms with Gasteiger partial charge in [0.2, 0.25) is 5.82 Å². The van der Waals surface area contributed by atoms with Crippen LogP contribution >= 0.6 is 0 Å². The number of nitrogens with one attached hydrogen (secondary N) is 1. The first-order valence-electron chi connectivity index (χ1n) is 6.57. The molecule has 0 atom stereocenters. The molecule has 0 saturated heterocycles. The normalized spacial score (nSPS) is 22.3. The molecule has 0 spiro atoms. The summed E-state index contributed by atoms with van der Waals surface area (Å²) >= 11 is 0. The zero-order valence-electron chi connectivity index (χ0n) is 11.3. The summed E-state index contributed by atoms with van der Waals surface area (Å²) in [6, 6.07) is 0. The van der Waals surface area contributed by atoms with Crippen LogP contribution in [0.4, 0.5) is 11.5 Å². The van der Waals surface area contributed by atoms with Gasteiger partial charge in [0.05, 0.1) is 18.1 Å². The number of hydrogen-bond donors (Lipinski definition) is 2. The minimum atomic E-state index is -0.550. The van der Waals surface area contributed by atoms with Gasteiger partial charge in [-0.2, -0.15) is 4.98 Å². The van der Waals surface area contributed by atoms with E-state index in [9.17, 15) is 15.2 Å². The maximum absolute atomic E-state index is 11.1. The zero-order valence-corrected chi connectivity index (χ0v) is 11.3. The summed E-state index contributed by atoms with van der Waals surface area (Å²) in [5.41, 5.74) is -0.245. The van der Waals surface area contributed by atoms with Gasteiger partial charge in [-0.3, -0.25) is 10.1 Å². The molecule has 1 saturated carbocycles. The van der Waals surface area contributed by atoms with Crippen LogP contribution in [0.1, 0.15) is 25.7 Å². The fourth-order valence-corrected chi connectivity index (χ4v) is 2.40. The average molecular weight is 282 g/mol. The number of aliphatic hydroxyl groups excluding tert-OH is 1. The van der Waals surface area contributed by atoms with Gasteiger partial charge in [0.25, 0.3) is 5.88 Å². The highest BCUT2D eigenvalue weighted by Gasteiger charge is 2.25. The predicted octanol–water partition coefficient (Wildman–Crippen LogP) is 1.36. The van der Waals surface area contributed by atoms with Gasteiger partial charge in [0, 0.05) is 6.54 Å². The summed E-state index contributed by atoms with van der Waals surface area (Å²) in [7, 11) is 1.33. The summed E-state index contributed by atoms with van der Waals surface area (Å²) in [6.07, 6.45) is 4.40. The molecule has 8 heteroatoms. The van der Waals surface area contributed by atoms with Gasteiger partial charge in [-0.05, 0) is 31.6 Å². The Morgan fingerprint density at radius 3 is 2.75 bits per heavy atom. The van der Waals surface area contributed by atoms with Gasteiger partial charge in [-0.1, -0.05) is 0 Å². The summed E-state index contributed by atoms with van der Waals surface area (Å²) in [4.78, 5) is 18.2. The molecule has 0 aromatic carbocycles. The molecule has 2 rings (SSSR count). The number of hydrogen-bond acceptors (Lipinski definition) is 7. The first kappa shape index (κ1) is 14.4. The van der Waals surface area contributed by atoms with Crippen molar-refractivity contribution in [3.8, 4) is 5.88 Å². The van der Waals surface area contributed by atoms with Gasteiger partial charge in [-0.25, -0.2) is 4.98 Å². The maximum Gasteiger partial charge on any atom is 0.372 e. The van der Waals surface area contributed by atoms with Crippen LogP contribution < -0.4 is 10.1 Å². The number of anilines is 1. The number of nitro groups is 1. The standard InChI is InChI=1S/C12H18N4O4/c1-20-12-10(16(18)19)11(14-7-15-12)13-6-8-2-4-9(17)5-3-8/h7-9,17H,2-6H2,1H3,(H,13,14,15). The van der Waals surface area contributed by atoms with E-state index in [-0.39, 0.29) is 23.5 Å². The molecule has 1 aliphatic rings. The van der Waals surface area contributed by atoms with Crippen LogP contribution in [-0.2, 0) is 0 Å². The van der Waals surface area contributed by atoms with Crippen LogP contribution in [0.2, 0.25) is 0 Å². The molecular weight excluding hydrogens is 264 g/mol. The van der Waals surface area contributed by atoms with Gasteiger partial charge in [-0.15, -0.1) is 0 Å². The lowest BCUT2D eigenvalue weighted by Gasteiger charge is -2.25. The molecule has 1 aromatic heterocycles. The fraction of sp³-hybridized carbons (Fsp3) is 0.667. The lowest BCUT2D eigenvalue weighted by Crippen LogP contribution is -2.24. The zero-order chi connectivity index (χ0) is 14.5. The van der Waals surface area contributed by atoms with Crippen LogP contribution in [-0.4, -0.2) is 39.8 Å². The van der Waals surface area contributed by atoms with Crippen LogP contribution in [0.25, 0.3) is 0 Å². The average Bonchev–Trinajstić information content (AvgIpc) is 2.46. The summed E-state index contributed by atoms with van der Waals surface area (Å²) in [5.74, 6) is 0.513. The molecule has 0 aliphatic heterocycles. The van der Waals surface area contributed by atoms with Gasteiger partial charge < -0.3 is 15.2 Å². The molecule has 0 radical (unpaired) electrons. The van der Waals surface area contributed by atoms with E-state index in [4.69, 9.17) is 4.74 Å². The van der Waals surface area contributed by atoms with Crippen molar-refractivity contribution in [3.63, 3.8) is 0 Å². The third-order valence-electron chi connectivity index (χ3n) is 3.54. The Bertz CT molecular complexity index is 475. The first-order valence-corrected chi connectivity index (χ1v) is 6.57. The second-order valence-corrected chi connectivity index (χ2v) is 4.89. The maximum atomic E-state index is 11.1. The van der Waals surface area contributed by atoms with Crippen molar-refractivity contribution in [2.75, 3.05) is 19.0 Å². The van der Waals surface area contributed by atoms with E-state index >= 15 is 0 Å². The highest BCUT2D eigenvalue weighted by Crippen LogP contribution is 2.31. The second-order valence-electron chi connectivity index (χ2n) is 4.89. The fourth-order valence-electron chi connectivity index (χ4n) is 2.40. The summed E-state index contributed by atoms with van der Waals surface area (Å²) < 4.78 is 4.89. The lowest BCUT2D eigenvalue weighted by atomic mass is 9.87. The van der Waals surface area contributed by atoms with Crippen molar-refractivity contribution in [3.05, 3.63) is 16.4 Å². The largest absolute Gasteiger partial charge is 0.476 e. The van der Waals surface area contributed by atoms with Gasteiger partial charge >= 0.3 is 5.69 Å². The summed E-state index contributed by atoms with van der Waals surface area (Å²) in [6.45, 7) is 0.591. The number of aromatic nitrogens is 2. The SMILES string of the molecule is COc1ncnc(NCC2CCC(O)CC2)c1[N+](=O)[O-]. The molecule has 0 bridgehead atoms. The molecule has 20 heavy (non-hydrogen) atoms. The van der Waals surface area contributed by atoms with Gasteiger partial charge in [0.15, 0.2) is 0 Å². The van der Waals surface area contributed by atoms with E-state index in [1.165, 1.54) is 13.4 Å². The smallest absolute Gasteiger partial charge is 0.372 e. The van der Waals surface area contributed by atoms with Crippen LogP contribution in [0.5, 0.6) is 5.88 Å². The Kier molecular flexibility index (Phi) is 4.67. The molecule has 0 amide bonds. The Morgan fingerprint density at radius 1 is 1.45 bits per heavy atom.